The summed E-state index contributed by atoms with van der Waals surface area (Å²) in [6.45, 7) is 3.22. The first-order valence-electron chi connectivity index (χ1n) is 12.6. The second-order valence-corrected chi connectivity index (χ2v) is 9.67. The molecule has 1 heterocycles. The fourth-order valence-corrected chi connectivity index (χ4v) is 4.63. The molecular weight excluding hydrogens is 603 g/mol. The molecule has 0 saturated heterocycles. The average Bonchev–Trinajstić information content (AvgIpc) is 3.22. The summed E-state index contributed by atoms with van der Waals surface area (Å²) < 4.78 is 20.4. The number of carbonyl (C=O) groups is 2. The van der Waals surface area contributed by atoms with E-state index in [2.05, 4.69) is 10.2 Å². The molecule has 3 aromatic rings. The number of nitrogens with zero attached hydrogens (tertiary/aromatic N) is 3. The van der Waals surface area contributed by atoms with Crippen molar-refractivity contribution < 1.29 is 18.7 Å². The number of aryl methyl sites for hydroxylation is 2. The summed E-state index contributed by atoms with van der Waals surface area (Å²) in [7, 11) is 1.92. The van der Waals surface area contributed by atoms with Gasteiger partial charge in [0.05, 0.1) is 23.7 Å². The summed E-state index contributed by atoms with van der Waals surface area (Å²) in [6, 6.07) is 9.96. The molecule has 0 bridgehead atoms. The van der Waals surface area contributed by atoms with E-state index in [4.69, 9.17) is 38.7 Å². The molecule has 0 radical (unpaired) electrons. The number of hydrogen-bond donors (Lipinski definition) is 2. The zero-order chi connectivity index (χ0) is 27.7. The van der Waals surface area contributed by atoms with Gasteiger partial charge in [0, 0.05) is 50.4 Å². The molecule has 0 aliphatic rings. The van der Waals surface area contributed by atoms with Crippen LogP contribution in [-0.4, -0.2) is 65.0 Å². The number of anilines is 1. The van der Waals surface area contributed by atoms with Crippen molar-refractivity contribution in [2.45, 2.75) is 38.3 Å². The van der Waals surface area contributed by atoms with E-state index < -0.39 is 24.0 Å². The summed E-state index contributed by atoms with van der Waals surface area (Å²) in [6.07, 6.45) is 0.950. The first-order chi connectivity index (χ1) is 18.3. The number of amides is 1. The minimum absolute atomic E-state index is 0. The Morgan fingerprint density at radius 3 is 2.38 bits per heavy atom. The Bertz CT molecular complexity index is 1220. The van der Waals surface area contributed by atoms with Gasteiger partial charge in [0.25, 0.3) is 0 Å². The van der Waals surface area contributed by atoms with Crippen LogP contribution in [0.1, 0.15) is 24.7 Å². The predicted molar refractivity (Wildman–Crippen MR) is 164 cm³/mol. The van der Waals surface area contributed by atoms with Crippen molar-refractivity contribution in [1.82, 2.24) is 14.9 Å². The maximum absolute atomic E-state index is 13.3. The molecule has 3 N–H and O–H groups in total. The van der Waals surface area contributed by atoms with Crippen LogP contribution in [0.2, 0.25) is 0 Å². The Hall–Kier alpha value is -2.30. The first kappa shape index (κ1) is 35.7. The molecule has 13 heteroatoms. The number of halogens is 5. The fraction of sp³-hybridized carbons (Fsp3) is 0.444. The van der Waals surface area contributed by atoms with Gasteiger partial charge >= 0.3 is 5.97 Å². The molecule has 2 aromatic carbocycles. The van der Waals surface area contributed by atoms with Crippen LogP contribution in [0.15, 0.2) is 42.5 Å². The second-order valence-electron chi connectivity index (χ2n) is 8.91. The van der Waals surface area contributed by atoms with Gasteiger partial charge in [-0.25, -0.2) is 14.2 Å². The number of fused-ring (bicyclic) bond motifs is 1. The number of rotatable bonds is 14. The lowest BCUT2D eigenvalue weighted by Crippen LogP contribution is -2.50. The van der Waals surface area contributed by atoms with Crippen LogP contribution in [0.4, 0.5) is 10.1 Å². The summed E-state index contributed by atoms with van der Waals surface area (Å²) >= 11 is 11.9. The zero-order valence-corrected chi connectivity index (χ0v) is 25.6. The van der Waals surface area contributed by atoms with Crippen LogP contribution < -0.4 is 16.0 Å². The maximum Gasteiger partial charge on any atom is 0.328 e. The van der Waals surface area contributed by atoms with Crippen molar-refractivity contribution in [1.29, 1.82) is 0 Å². The maximum atomic E-state index is 13.3. The van der Waals surface area contributed by atoms with E-state index in [1.165, 1.54) is 12.1 Å². The summed E-state index contributed by atoms with van der Waals surface area (Å²) in [5, 5.41) is 2.70. The van der Waals surface area contributed by atoms with E-state index in [1.54, 1.807) is 19.1 Å². The van der Waals surface area contributed by atoms with Gasteiger partial charge in [-0.1, -0.05) is 12.1 Å². The van der Waals surface area contributed by atoms with Gasteiger partial charge < -0.3 is 25.3 Å². The largest absolute Gasteiger partial charge is 0.464 e. The van der Waals surface area contributed by atoms with Crippen LogP contribution in [0.3, 0.4) is 0 Å². The Kier molecular flexibility index (Phi) is 15.6. The van der Waals surface area contributed by atoms with Crippen LogP contribution in [0, 0.1) is 5.82 Å². The number of hydrogen-bond acceptors (Lipinski definition) is 6. The van der Waals surface area contributed by atoms with Gasteiger partial charge in [0.15, 0.2) is 0 Å². The van der Waals surface area contributed by atoms with E-state index in [1.807, 2.05) is 29.8 Å². The quantitative estimate of drug-likeness (QED) is 0.201. The van der Waals surface area contributed by atoms with E-state index in [0.29, 0.717) is 43.3 Å². The number of alkyl halides is 2. The van der Waals surface area contributed by atoms with Gasteiger partial charge in [-0.2, -0.15) is 0 Å². The van der Waals surface area contributed by atoms with Crippen molar-refractivity contribution >= 4 is 76.6 Å². The van der Waals surface area contributed by atoms with Gasteiger partial charge in [-0.15, -0.1) is 48.0 Å². The van der Waals surface area contributed by atoms with Crippen LogP contribution >= 0.6 is 48.0 Å². The molecule has 1 amide bonds. The lowest BCUT2D eigenvalue weighted by Gasteiger charge is -2.22. The van der Waals surface area contributed by atoms with Gasteiger partial charge in [0.2, 0.25) is 5.91 Å². The first-order valence-corrected chi connectivity index (χ1v) is 13.6. The Balaban J connectivity index is 0.00000400. The smallest absolute Gasteiger partial charge is 0.328 e. The second kappa shape index (κ2) is 17.5. The SMILES string of the molecule is CCOC(=O)[C@H](Cc1ccc(F)cc1)NC(=O)[C@@H](N)CCc1nc2cc(N(CCCl)CCCl)ccc2n1C.Cl.Cl. The Morgan fingerprint density at radius 1 is 1.12 bits per heavy atom. The number of aromatic nitrogens is 2. The summed E-state index contributed by atoms with van der Waals surface area (Å²) in [5.74, 6) is 0.348. The van der Waals surface area contributed by atoms with Crippen molar-refractivity contribution in [2.24, 2.45) is 12.8 Å². The molecule has 0 unspecified atom stereocenters. The van der Waals surface area contributed by atoms with Crippen molar-refractivity contribution in [2.75, 3.05) is 36.4 Å². The van der Waals surface area contributed by atoms with Gasteiger partial charge in [-0.3, -0.25) is 4.79 Å². The van der Waals surface area contributed by atoms with E-state index in [-0.39, 0.29) is 43.7 Å². The van der Waals surface area contributed by atoms with Crippen molar-refractivity contribution in [3.05, 3.63) is 59.7 Å². The highest BCUT2D eigenvalue weighted by atomic mass is 35.5. The number of benzene rings is 2. The number of imidazole rings is 1. The molecule has 0 spiro atoms. The molecular formula is C27H36Cl4FN5O3. The highest BCUT2D eigenvalue weighted by Gasteiger charge is 2.25. The lowest BCUT2D eigenvalue weighted by atomic mass is 10.0. The molecule has 3 rings (SSSR count). The highest BCUT2D eigenvalue weighted by molar-refractivity contribution is 6.18. The minimum atomic E-state index is -0.933. The molecule has 40 heavy (non-hydrogen) atoms. The molecule has 2 atom stereocenters. The molecule has 0 saturated carbocycles. The third-order valence-corrected chi connectivity index (χ3v) is 6.63. The summed E-state index contributed by atoms with van der Waals surface area (Å²) in [5.41, 5.74) is 9.66. The fourth-order valence-electron chi connectivity index (χ4n) is 4.22. The Labute approximate surface area is 256 Å². The van der Waals surface area contributed by atoms with Crippen LogP contribution in [0.5, 0.6) is 0 Å². The molecule has 8 nitrogen and oxygen atoms in total. The molecule has 1 aromatic heterocycles. The number of ether oxygens (including phenoxy) is 1. The van der Waals surface area contributed by atoms with Crippen molar-refractivity contribution in [3.8, 4) is 0 Å². The number of nitrogens with two attached hydrogens (primary N) is 1. The number of esters is 1. The minimum Gasteiger partial charge on any atom is -0.464 e. The van der Waals surface area contributed by atoms with Crippen molar-refractivity contribution in [3.63, 3.8) is 0 Å². The van der Waals surface area contributed by atoms with Crippen LogP contribution in [-0.2, 0) is 34.2 Å². The predicted octanol–water partition coefficient (Wildman–Crippen LogP) is 4.39. The topological polar surface area (TPSA) is 102 Å². The molecule has 0 aliphatic carbocycles. The third kappa shape index (κ3) is 9.66. The van der Waals surface area contributed by atoms with E-state index in [0.717, 1.165) is 22.5 Å². The number of nitrogens with one attached hydrogen (secondary N) is 1. The molecule has 0 fully saturated rings. The molecule has 0 aliphatic heterocycles. The Morgan fingerprint density at radius 2 is 1.77 bits per heavy atom. The van der Waals surface area contributed by atoms with Crippen LogP contribution in [0.25, 0.3) is 11.0 Å². The normalized spacial score (nSPS) is 12.2. The van der Waals surface area contributed by atoms with Gasteiger partial charge in [-0.05, 0) is 49.2 Å². The number of carbonyl (C=O) groups excluding carboxylic acids is 2. The molecule has 222 valence electrons. The standard InChI is InChI=1S/C27H34Cl2FN5O3.2ClH/c1-3-38-27(37)23(16-18-4-6-19(30)7-5-18)33-26(36)21(31)9-11-25-32-22-17-20(8-10-24(22)34(25)2)35(14-12-28)15-13-29;;/h4-8,10,17,21,23H,3,9,11-16,31H2,1-2H3,(H,33,36);2*1H/t21-,23-;;/m0../s1. The highest BCUT2D eigenvalue weighted by Crippen LogP contribution is 2.23. The zero-order valence-electron chi connectivity index (χ0n) is 22.4. The average molecular weight is 639 g/mol. The van der Waals surface area contributed by atoms with E-state index in [9.17, 15) is 14.0 Å². The lowest BCUT2D eigenvalue weighted by molar-refractivity contribution is -0.147. The monoisotopic (exact) mass is 637 g/mol. The summed E-state index contributed by atoms with van der Waals surface area (Å²) in [4.78, 5) is 32.2. The van der Waals surface area contributed by atoms with Gasteiger partial charge in [0.1, 0.15) is 17.7 Å². The third-order valence-electron chi connectivity index (χ3n) is 6.29. The van der Waals surface area contributed by atoms with E-state index >= 15 is 0 Å².